The number of halogens is 1. The van der Waals surface area contributed by atoms with E-state index in [2.05, 4.69) is 6.07 Å². The summed E-state index contributed by atoms with van der Waals surface area (Å²) in [6, 6.07) is 4.12. The van der Waals surface area contributed by atoms with E-state index in [1.807, 2.05) is 18.2 Å². The maximum Gasteiger partial charge on any atom is 0.140 e. The van der Waals surface area contributed by atoms with Crippen molar-refractivity contribution in [2.45, 2.75) is 31.6 Å². The Hall–Kier alpha value is -0.990. The van der Waals surface area contributed by atoms with Crippen LogP contribution in [0.25, 0.3) is 6.08 Å². The van der Waals surface area contributed by atoms with Crippen LogP contribution in [0, 0.1) is 0 Å². The topological polar surface area (TPSA) is 35.2 Å². The molecule has 1 aromatic carbocycles. The predicted molar refractivity (Wildman–Crippen MR) is 77.3 cm³/mol. The Balaban J connectivity index is 2.39. The van der Waals surface area contributed by atoms with Crippen molar-refractivity contribution in [2.75, 3.05) is 13.7 Å². The summed E-state index contributed by atoms with van der Waals surface area (Å²) in [4.78, 5) is 0. The van der Waals surface area contributed by atoms with Crippen molar-refractivity contribution in [1.82, 2.24) is 0 Å². The molecule has 1 aliphatic carbocycles. The number of hydrogen-bond acceptors (Lipinski definition) is 2. The van der Waals surface area contributed by atoms with E-state index in [1.54, 1.807) is 7.11 Å². The molecular weight excluding hydrogens is 246 g/mol. The second kappa shape index (κ2) is 6.26. The Kier molecular flexibility index (Phi) is 4.67. The molecule has 18 heavy (non-hydrogen) atoms. The number of methoxy groups -OCH3 is 1. The van der Waals surface area contributed by atoms with Crippen molar-refractivity contribution in [2.24, 2.45) is 5.73 Å². The van der Waals surface area contributed by atoms with Crippen LogP contribution in [-0.4, -0.2) is 13.7 Å². The molecule has 2 rings (SSSR count). The van der Waals surface area contributed by atoms with Crippen LogP contribution in [0.5, 0.6) is 5.75 Å². The first-order chi connectivity index (χ1) is 8.76. The number of hydrogen-bond donors (Lipinski definition) is 1. The highest BCUT2D eigenvalue weighted by Gasteiger charge is 2.22. The normalized spacial score (nSPS) is 16.6. The Morgan fingerprint density at radius 2 is 2.11 bits per heavy atom. The number of rotatable bonds is 4. The molecule has 0 amide bonds. The molecule has 2 N–H and O–H groups in total. The van der Waals surface area contributed by atoms with Crippen molar-refractivity contribution in [1.29, 1.82) is 0 Å². The van der Waals surface area contributed by atoms with Gasteiger partial charge in [0.15, 0.2) is 0 Å². The van der Waals surface area contributed by atoms with E-state index in [4.69, 9.17) is 22.1 Å². The molecule has 0 radical (unpaired) electrons. The van der Waals surface area contributed by atoms with Gasteiger partial charge in [0.1, 0.15) is 5.75 Å². The first kappa shape index (κ1) is 13.4. The van der Waals surface area contributed by atoms with Gasteiger partial charge in [-0.15, -0.1) is 0 Å². The zero-order valence-electron chi connectivity index (χ0n) is 10.8. The van der Waals surface area contributed by atoms with Gasteiger partial charge in [0.25, 0.3) is 0 Å². The predicted octanol–water partition coefficient (Wildman–Crippen LogP) is 3.98. The van der Waals surface area contributed by atoms with Crippen molar-refractivity contribution in [3.63, 3.8) is 0 Å². The van der Waals surface area contributed by atoms with Gasteiger partial charge in [-0.2, -0.15) is 0 Å². The molecule has 0 aromatic heterocycles. The fraction of sp³-hybridized carbons (Fsp3) is 0.467. The van der Waals surface area contributed by atoms with Crippen LogP contribution < -0.4 is 10.5 Å². The third kappa shape index (κ3) is 2.88. The highest BCUT2D eigenvalue weighted by Crippen LogP contribution is 2.42. The summed E-state index contributed by atoms with van der Waals surface area (Å²) in [6.07, 6.45) is 9.02. The third-order valence-electron chi connectivity index (χ3n) is 3.54. The average molecular weight is 266 g/mol. The van der Waals surface area contributed by atoms with E-state index in [0.717, 1.165) is 11.3 Å². The summed E-state index contributed by atoms with van der Waals surface area (Å²) in [6.45, 7) is 0.544. The van der Waals surface area contributed by atoms with Gasteiger partial charge >= 0.3 is 0 Å². The minimum absolute atomic E-state index is 0.544. The first-order valence-electron chi connectivity index (χ1n) is 6.50. The largest absolute Gasteiger partial charge is 0.495 e. The van der Waals surface area contributed by atoms with Gasteiger partial charge in [-0.1, -0.05) is 36.6 Å². The summed E-state index contributed by atoms with van der Waals surface area (Å²) >= 11 is 6.30. The molecule has 1 fully saturated rings. The van der Waals surface area contributed by atoms with Crippen LogP contribution in [0.4, 0.5) is 0 Å². The standard InChI is InChI=1S/C15H20ClNO/c1-18-15-13(12-6-2-3-7-12)9-11(5-4-8-17)10-14(15)16/h4-5,9-10,12H,2-3,6-8,17H2,1H3/b5-4+. The van der Waals surface area contributed by atoms with Crippen LogP contribution in [0.1, 0.15) is 42.7 Å². The molecule has 1 aromatic rings. The Morgan fingerprint density at radius 1 is 1.39 bits per heavy atom. The highest BCUT2D eigenvalue weighted by atomic mass is 35.5. The van der Waals surface area contributed by atoms with Crippen LogP contribution in [0.3, 0.4) is 0 Å². The van der Waals surface area contributed by atoms with E-state index >= 15 is 0 Å². The molecule has 3 heteroatoms. The zero-order chi connectivity index (χ0) is 13.0. The molecule has 0 spiro atoms. The summed E-state index contributed by atoms with van der Waals surface area (Å²) in [5.74, 6) is 1.43. The first-order valence-corrected chi connectivity index (χ1v) is 6.88. The molecule has 0 saturated heterocycles. The lowest BCUT2D eigenvalue weighted by atomic mass is 9.94. The zero-order valence-corrected chi connectivity index (χ0v) is 11.5. The quantitative estimate of drug-likeness (QED) is 0.894. The minimum atomic E-state index is 0.544. The van der Waals surface area contributed by atoms with E-state index in [0.29, 0.717) is 17.5 Å². The van der Waals surface area contributed by atoms with Crippen molar-refractivity contribution in [3.8, 4) is 5.75 Å². The van der Waals surface area contributed by atoms with Gasteiger partial charge in [-0.05, 0) is 42.0 Å². The van der Waals surface area contributed by atoms with E-state index in [9.17, 15) is 0 Å². The maximum atomic E-state index is 6.30. The van der Waals surface area contributed by atoms with Crippen molar-refractivity contribution >= 4 is 17.7 Å². The molecule has 0 aliphatic heterocycles. The Labute approximate surface area is 114 Å². The van der Waals surface area contributed by atoms with Gasteiger partial charge < -0.3 is 10.5 Å². The smallest absolute Gasteiger partial charge is 0.140 e. The van der Waals surface area contributed by atoms with Gasteiger partial charge in [-0.25, -0.2) is 0 Å². The molecule has 0 atom stereocenters. The lowest BCUT2D eigenvalue weighted by Crippen LogP contribution is -1.99. The lowest BCUT2D eigenvalue weighted by molar-refractivity contribution is 0.405. The highest BCUT2D eigenvalue weighted by molar-refractivity contribution is 6.32. The van der Waals surface area contributed by atoms with Crippen molar-refractivity contribution < 1.29 is 4.74 Å². The fourth-order valence-electron chi connectivity index (χ4n) is 2.69. The fourth-order valence-corrected chi connectivity index (χ4v) is 3.00. The molecule has 1 aliphatic rings. The summed E-state index contributed by atoms with van der Waals surface area (Å²) < 4.78 is 5.47. The molecule has 0 bridgehead atoms. The van der Waals surface area contributed by atoms with Gasteiger partial charge in [0.05, 0.1) is 12.1 Å². The van der Waals surface area contributed by atoms with Crippen molar-refractivity contribution in [3.05, 3.63) is 34.4 Å². The maximum absolute atomic E-state index is 6.30. The van der Waals surface area contributed by atoms with E-state index in [-0.39, 0.29) is 0 Å². The molecule has 98 valence electrons. The van der Waals surface area contributed by atoms with E-state index in [1.165, 1.54) is 31.2 Å². The average Bonchev–Trinajstić information content (AvgIpc) is 2.89. The van der Waals surface area contributed by atoms with Crippen LogP contribution >= 0.6 is 11.6 Å². The second-order valence-electron chi connectivity index (χ2n) is 4.74. The van der Waals surface area contributed by atoms with Crippen LogP contribution in [0.2, 0.25) is 5.02 Å². The Bertz CT molecular complexity index is 436. The van der Waals surface area contributed by atoms with Gasteiger partial charge in [0, 0.05) is 6.54 Å². The van der Waals surface area contributed by atoms with Crippen LogP contribution in [0.15, 0.2) is 18.2 Å². The summed E-state index contributed by atoms with van der Waals surface area (Å²) in [5, 5.41) is 0.693. The minimum Gasteiger partial charge on any atom is -0.495 e. The van der Waals surface area contributed by atoms with Gasteiger partial charge in [-0.3, -0.25) is 0 Å². The summed E-state index contributed by atoms with van der Waals surface area (Å²) in [5.41, 5.74) is 7.84. The van der Waals surface area contributed by atoms with Gasteiger partial charge in [0.2, 0.25) is 0 Å². The molecular formula is C15H20ClNO. The molecule has 0 unspecified atom stereocenters. The number of benzene rings is 1. The van der Waals surface area contributed by atoms with E-state index < -0.39 is 0 Å². The SMILES string of the molecule is COc1c(Cl)cc(/C=C/CN)cc1C1CCCC1. The third-order valence-corrected chi connectivity index (χ3v) is 3.82. The summed E-state index contributed by atoms with van der Waals surface area (Å²) in [7, 11) is 1.69. The second-order valence-corrected chi connectivity index (χ2v) is 5.15. The monoisotopic (exact) mass is 265 g/mol. The number of nitrogens with two attached hydrogens (primary N) is 1. The lowest BCUT2D eigenvalue weighted by Gasteiger charge is -2.16. The number of ether oxygens (including phenoxy) is 1. The molecule has 0 heterocycles. The molecule has 2 nitrogen and oxygen atoms in total. The Morgan fingerprint density at radius 3 is 2.72 bits per heavy atom. The van der Waals surface area contributed by atoms with Crippen LogP contribution in [-0.2, 0) is 0 Å². The molecule has 1 saturated carbocycles.